The van der Waals surface area contributed by atoms with Crippen LogP contribution in [0.1, 0.15) is 18.9 Å². The highest BCUT2D eigenvalue weighted by Crippen LogP contribution is 2.26. The van der Waals surface area contributed by atoms with Crippen molar-refractivity contribution in [3.63, 3.8) is 0 Å². The molecule has 0 unspecified atom stereocenters. The maximum atomic E-state index is 6.10. The maximum Gasteiger partial charge on any atom is 0.138 e. The van der Waals surface area contributed by atoms with Crippen LogP contribution in [0, 0.1) is 0 Å². The van der Waals surface area contributed by atoms with E-state index in [2.05, 4.69) is 13.5 Å². The Hall–Kier alpha value is -0.990. The third-order valence-electron chi connectivity index (χ3n) is 2.36. The van der Waals surface area contributed by atoms with Gasteiger partial charge in [0.25, 0.3) is 0 Å². The van der Waals surface area contributed by atoms with Gasteiger partial charge in [0.1, 0.15) is 12.4 Å². The molecular formula is C13H18ClNO. The fourth-order valence-electron chi connectivity index (χ4n) is 1.27. The third kappa shape index (κ3) is 3.87. The molecule has 0 heterocycles. The summed E-state index contributed by atoms with van der Waals surface area (Å²) in [6, 6.07) is 5.78. The van der Waals surface area contributed by atoms with Crippen LogP contribution >= 0.6 is 11.6 Å². The van der Waals surface area contributed by atoms with Crippen LogP contribution in [-0.4, -0.2) is 13.2 Å². The molecule has 3 heteroatoms. The van der Waals surface area contributed by atoms with Crippen molar-refractivity contribution in [2.24, 2.45) is 5.73 Å². The van der Waals surface area contributed by atoms with Gasteiger partial charge in [-0.25, -0.2) is 0 Å². The number of nitrogens with two attached hydrogens (primary N) is 1. The molecule has 1 rings (SSSR count). The maximum absolute atomic E-state index is 6.10. The van der Waals surface area contributed by atoms with Crippen molar-refractivity contribution >= 4 is 11.6 Å². The molecule has 0 aromatic heterocycles. The summed E-state index contributed by atoms with van der Waals surface area (Å²) in [6.07, 6.45) is 1.75. The van der Waals surface area contributed by atoms with Crippen molar-refractivity contribution in [3.8, 4) is 5.75 Å². The molecular weight excluding hydrogens is 222 g/mol. The molecule has 0 bridgehead atoms. The van der Waals surface area contributed by atoms with E-state index in [0.717, 1.165) is 24.0 Å². The van der Waals surface area contributed by atoms with Gasteiger partial charge in [0.2, 0.25) is 0 Å². The SMILES string of the molecule is C=C(CC)COc1ccc(CCN)cc1Cl. The Kier molecular flexibility index (Phi) is 5.36. The largest absolute Gasteiger partial charge is 0.488 e. The van der Waals surface area contributed by atoms with E-state index in [1.165, 1.54) is 0 Å². The van der Waals surface area contributed by atoms with Crippen LogP contribution in [0.15, 0.2) is 30.4 Å². The Labute approximate surface area is 102 Å². The second-order valence-corrected chi connectivity index (χ2v) is 4.10. The van der Waals surface area contributed by atoms with E-state index in [1.807, 2.05) is 18.2 Å². The highest BCUT2D eigenvalue weighted by Gasteiger charge is 2.03. The van der Waals surface area contributed by atoms with E-state index in [-0.39, 0.29) is 0 Å². The van der Waals surface area contributed by atoms with Crippen molar-refractivity contribution < 1.29 is 4.74 Å². The van der Waals surface area contributed by atoms with E-state index < -0.39 is 0 Å². The van der Waals surface area contributed by atoms with E-state index in [1.54, 1.807) is 0 Å². The molecule has 0 atom stereocenters. The topological polar surface area (TPSA) is 35.2 Å². The first kappa shape index (κ1) is 13.1. The molecule has 1 aromatic rings. The lowest BCUT2D eigenvalue weighted by Gasteiger charge is -2.10. The van der Waals surface area contributed by atoms with E-state index in [4.69, 9.17) is 22.1 Å². The summed E-state index contributed by atoms with van der Waals surface area (Å²) in [5, 5.41) is 0.634. The Morgan fingerprint density at radius 2 is 2.25 bits per heavy atom. The second kappa shape index (κ2) is 6.56. The monoisotopic (exact) mass is 239 g/mol. The van der Waals surface area contributed by atoms with Gasteiger partial charge in [0.15, 0.2) is 0 Å². The van der Waals surface area contributed by atoms with Gasteiger partial charge in [0.05, 0.1) is 5.02 Å². The van der Waals surface area contributed by atoms with E-state index in [0.29, 0.717) is 23.9 Å². The number of hydrogen-bond donors (Lipinski definition) is 1. The number of benzene rings is 1. The molecule has 2 nitrogen and oxygen atoms in total. The van der Waals surface area contributed by atoms with Gasteiger partial charge in [-0.1, -0.05) is 31.2 Å². The molecule has 1 aromatic carbocycles. The molecule has 0 aliphatic rings. The van der Waals surface area contributed by atoms with Crippen LogP contribution in [-0.2, 0) is 6.42 Å². The molecule has 2 N–H and O–H groups in total. The Bertz CT molecular complexity index is 363. The molecule has 0 saturated carbocycles. The lowest BCUT2D eigenvalue weighted by atomic mass is 10.1. The summed E-state index contributed by atoms with van der Waals surface area (Å²) < 4.78 is 5.56. The minimum absolute atomic E-state index is 0.520. The minimum Gasteiger partial charge on any atom is -0.488 e. The first-order valence-electron chi connectivity index (χ1n) is 5.45. The molecule has 0 fully saturated rings. The Balaban J connectivity index is 2.64. The lowest BCUT2D eigenvalue weighted by molar-refractivity contribution is 0.349. The second-order valence-electron chi connectivity index (χ2n) is 3.70. The minimum atomic E-state index is 0.520. The van der Waals surface area contributed by atoms with Gasteiger partial charge in [0, 0.05) is 0 Å². The zero-order valence-corrected chi connectivity index (χ0v) is 10.4. The van der Waals surface area contributed by atoms with Gasteiger partial charge in [-0.05, 0) is 42.7 Å². The molecule has 0 spiro atoms. The molecule has 0 aliphatic carbocycles. The van der Waals surface area contributed by atoms with Crippen molar-refractivity contribution in [1.82, 2.24) is 0 Å². The first-order chi connectivity index (χ1) is 7.67. The van der Waals surface area contributed by atoms with Crippen LogP contribution < -0.4 is 10.5 Å². The zero-order valence-electron chi connectivity index (χ0n) is 9.63. The third-order valence-corrected chi connectivity index (χ3v) is 2.66. The van der Waals surface area contributed by atoms with Crippen LogP contribution in [0.5, 0.6) is 5.75 Å². The number of hydrogen-bond acceptors (Lipinski definition) is 2. The summed E-state index contributed by atoms with van der Waals surface area (Å²) in [5.74, 6) is 0.706. The fraction of sp³-hybridized carbons (Fsp3) is 0.385. The van der Waals surface area contributed by atoms with Crippen LogP contribution in [0.25, 0.3) is 0 Å². The summed E-state index contributed by atoms with van der Waals surface area (Å²) >= 11 is 6.10. The number of rotatable bonds is 6. The van der Waals surface area contributed by atoms with Crippen molar-refractivity contribution in [2.75, 3.05) is 13.2 Å². The Morgan fingerprint density at radius 1 is 1.50 bits per heavy atom. The van der Waals surface area contributed by atoms with Gasteiger partial charge in [-0.15, -0.1) is 0 Å². The summed E-state index contributed by atoms with van der Waals surface area (Å²) in [6.45, 7) is 7.08. The molecule has 0 radical (unpaired) electrons. The van der Waals surface area contributed by atoms with Crippen LogP contribution in [0.4, 0.5) is 0 Å². The van der Waals surface area contributed by atoms with Crippen LogP contribution in [0.3, 0.4) is 0 Å². The average molecular weight is 240 g/mol. The van der Waals surface area contributed by atoms with E-state index >= 15 is 0 Å². The predicted octanol–water partition coefficient (Wildman–Crippen LogP) is 3.19. The predicted molar refractivity (Wildman–Crippen MR) is 69.1 cm³/mol. The molecule has 88 valence electrons. The van der Waals surface area contributed by atoms with Gasteiger partial charge in [-0.2, -0.15) is 0 Å². The van der Waals surface area contributed by atoms with Gasteiger partial charge < -0.3 is 10.5 Å². The quantitative estimate of drug-likeness (QED) is 0.774. The number of halogens is 1. The smallest absolute Gasteiger partial charge is 0.138 e. The number of ether oxygens (including phenoxy) is 1. The molecule has 0 aliphatic heterocycles. The Morgan fingerprint density at radius 3 is 2.81 bits per heavy atom. The highest BCUT2D eigenvalue weighted by atomic mass is 35.5. The highest BCUT2D eigenvalue weighted by molar-refractivity contribution is 6.32. The lowest BCUT2D eigenvalue weighted by Crippen LogP contribution is -2.03. The molecule has 0 amide bonds. The molecule has 16 heavy (non-hydrogen) atoms. The van der Waals surface area contributed by atoms with Crippen molar-refractivity contribution in [2.45, 2.75) is 19.8 Å². The normalized spacial score (nSPS) is 10.2. The summed E-state index contributed by atoms with van der Waals surface area (Å²) in [7, 11) is 0. The van der Waals surface area contributed by atoms with Crippen molar-refractivity contribution in [3.05, 3.63) is 40.9 Å². The zero-order chi connectivity index (χ0) is 12.0. The van der Waals surface area contributed by atoms with Crippen molar-refractivity contribution in [1.29, 1.82) is 0 Å². The standard InChI is InChI=1S/C13H18ClNO/c1-3-10(2)9-16-13-5-4-11(6-7-15)8-12(13)14/h4-5,8H,2-3,6-7,9,15H2,1H3. The first-order valence-corrected chi connectivity index (χ1v) is 5.83. The van der Waals surface area contributed by atoms with Gasteiger partial charge >= 0.3 is 0 Å². The summed E-state index contributed by atoms with van der Waals surface area (Å²) in [5.41, 5.74) is 7.67. The fourth-order valence-corrected chi connectivity index (χ4v) is 1.52. The van der Waals surface area contributed by atoms with Gasteiger partial charge in [-0.3, -0.25) is 0 Å². The molecule has 0 saturated heterocycles. The van der Waals surface area contributed by atoms with Crippen LogP contribution in [0.2, 0.25) is 5.02 Å². The van der Waals surface area contributed by atoms with E-state index in [9.17, 15) is 0 Å². The average Bonchev–Trinajstić information content (AvgIpc) is 2.28. The summed E-state index contributed by atoms with van der Waals surface area (Å²) in [4.78, 5) is 0.